The van der Waals surface area contributed by atoms with Gasteiger partial charge in [0.1, 0.15) is 16.5 Å². The quantitative estimate of drug-likeness (QED) is 0.0750. The van der Waals surface area contributed by atoms with Crippen LogP contribution in [-0.2, 0) is 14.8 Å². The molecule has 0 spiro atoms. The summed E-state index contributed by atoms with van der Waals surface area (Å²) in [6.45, 7) is 5.17. The Morgan fingerprint density at radius 1 is 1.06 bits per heavy atom. The first-order valence-corrected chi connectivity index (χ1v) is 16.3. The Morgan fingerprint density at radius 3 is 2.54 bits per heavy atom. The number of benzene rings is 3. The minimum Gasteiger partial charge on any atom is -0.464 e. The second kappa shape index (κ2) is 12.2. The number of rotatable bonds is 8. The number of halogens is 1. The summed E-state index contributed by atoms with van der Waals surface area (Å²) in [5.41, 5.74) is 1.64. The summed E-state index contributed by atoms with van der Waals surface area (Å²) in [7, 11) is -3.76. The number of nitro groups is 1. The zero-order chi connectivity index (χ0) is 34.5. The van der Waals surface area contributed by atoms with Crippen LogP contribution in [0.4, 0.5) is 11.4 Å². The highest BCUT2D eigenvalue weighted by Crippen LogP contribution is 2.40. The van der Waals surface area contributed by atoms with Crippen LogP contribution in [0.2, 0.25) is 5.15 Å². The predicted octanol–water partition coefficient (Wildman–Crippen LogP) is 7.26. The maximum absolute atomic E-state index is 14.6. The Bertz CT molecular complexity index is 2460. The van der Waals surface area contributed by atoms with E-state index in [-0.39, 0.29) is 38.6 Å². The summed E-state index contributed by atoms with van der Waals surface area (Å²) in [6, 6.07) is 18.3. The summed E-state index contributed by atoms with van der Waals surface area (Å²) in [6.07, 6.45) is 0. The van der Waals surface area contributed by atoms with Gasteiger partial charge >= 0.3 is 5.97 Å². The highest BCUT2D eigenvalue weighted by Gasteiger charge is 2.39. The second-order valence-electron chi connectivity index (χ2n) is 11.2. The van der Waals surface area contributed by atoms with Gasteiger partial charge in [-0.15, -0.1) is 0 Å². The summed E-state index contributed by atoms with van der Waals surface area (Å²) in [5, 5.41) is 13.0. The van der Waals surface area contributed by atoms with Gasteiger partial charge < -0.3 is 14.1 Å². The number of esters is 1. The number of para-hydroxylation sites is 1. The third-order valence-corrected chi connectivity index (χ3v) is 10.0. The molecule has 0 saturated heterocycles. The number of carbonyl (C=O) groups excluding carboxylic acids is 1. The number of aromatic amines is 1. The van der Waals surface area contributed by atoms with E-state index >= 15 is 0 Å². The second-order valence-corrected chi connectivity index (χ2v) is 13.3. The van der Waals surface area contributed by atoms with Crippen LogP contribution in [0.1, 0.15) is 40.3 Å². The standard InChI is InChI=1S/C34H27ClN4O8S/c1-18-13-23(33-24(14-18)28(40)17-29(47-33)21-9-10-25-22(16-21)15-19(2)36-25)20(3)38(27-11-12-31(35)37-32(27)34(41)46-4)48(44,45)30-8-6-5-7-26(30)39(42)43/h5-17,20,36H,1-4H3. The highest BCUT2D eigenvalue weighted by molar-refractivity contribution is 7.93. The van der Waals surface area contributed by atoms with Gasteiger partial charge in [0.2, 0.25) is 0 Å². The molecule has 48 heavy (non-hydrogen) atoms. The number of nitro benzene ring substituents is 1. The van der Waals surface area contributed by atoms with Crippen LogP contribution in [-0.4, -0.2) is 36.4 Å². The molecule has 244 valence electrons. The summed E-state index contributed by atoms with van der Waals surface area (Å²) < 4.78 is 41.4. The predicted molar refractivity (Wildman–Crippen MR) is 181 cm³/mol. The van der Waals surface area contributed by atoms with Crippen molar-refractivity contribution in [3.8, 4) is 11.3 Å². The Morgan fingerprint density at radius 2 is 1.81 bits per heavy atom. The molecule has 0 saturated carbocycles. The number of nitrogens with one attached hydrogen (secondary N) is 1. The summed E-state index contributed by atoms with van der Waals surface area (Å²) in [4.78, 5) is 44.4. The number of H-pyrrole nitrogens is 1. The van der Waals surface area contributed by atoms with Crippen molar-refractivity contribution in [2.24, 2.45) is 0 Å². The van der Waals surface area contributed by atoms with E-state index < -0.39 is 43.2 Å². The zero-order valence-corrected chi connectivity index (χ0v) is 27.5. The number of methoxy groups -OCH3 is 1. The number of ether oxygens (including phenoxy) is 1. The van der Waals surface area contributed by atoms with Crippen molar-refractivity contribution in [3.63, 3.8) is 0 Å². The number of hydrogen-bond acceptors (Lipinski definition) is 9. The molecule has 1 N–H and O–H groups in total. The van der Waals surface area contributed by atoms with Crippen molar-refractivity contribution in [2.45, 2.75) is 31.7 Å². The fourth-order valence-corrected chi connectivity index (χ4v) is 7.73. The van der Waals surface area contributed by atoms with E-state index in [1.165, 1.54) is 37.3 Å². The van der Waals surface area contributed by atoms with Gasteiger partial charge in [-0.2, -0.15) is 0 Å². The van der Waals surface area contributed by atoms with E-state index in [1.54, 1.807) is 25.1 Å². The van der Waals surface area contributed by atoms with Gasteiger partial charge in [0.15, 0.2) is 16.0 Å². The molecule has 1 atom stereocenters. The zero-order valence-electron chi connectivity index (χ0n) is 26.0. The highest BCUT2D eigenvalue weighted by atomic mass is 35.5. The molecule has 12 nitrogen and oxygen atoms in total. The van der Waals surface area contributed by atoms with E-state index in [0.717, 1.165) is 40.1 Å². The molecule has 0 bridgehead atoms. The van der Waals surface area contributed by atoms with Crippen LogP contribution in [0.15, 0.2) is 93.0 Å². The molecule has 0 aliphatic rings. The average molecular weight is 687 g/mol. The number of nitrogens with zero attached hydrogens (tertiary/aromatic N) is 3. The van der Waals surface area contributed by atoms with E-state index in [9.17, 15) is 28.1 Å². The number of hydrogen-bond donors (Lipinski definition) is 1. The van der Waals surface area contributed by atoms with Crippen LogP contribution in [0, 0.1) is 24.0 Å². The fourth-order valence-electron chi connectivity index (χ4n) is 5.78. The molecule has 1 unspecified atom stereocenters. The first-order chi connectivity index (χ1) is 22.8. The molecule has 3 heterocycles. The Kier molecular flexibility index (Phi) is 8.27. The van der Waals surface area contributed by atoms with Crippen LogP contribution >= 0.6 is 11.6 Å². The van der Waals surface area contributed by atoms with Crippen LogP contribution in [0.5, 0.6) is 0 Å². The first kappa shape index (κ1) is 32.4. The maximum atomic E-state index is 14.6. The van der Waals surface area contributed by atoms with Crippen molar-refractivity contribution < 1.29 is 27.3 Å². The lowest BCUT2D eigenvalue weighted by Gasteiger charge is -2.32. The first-order valence-electron chi connectivity index (χ1n) is 14.5. The van der Waals surface area contributed by atoms with E-state index in [2.05, 4.69) is 9.97 Å². The number of pyridine rings is 1. The van der Waals surface area contributed by atoms with Crippen LogP contribution in [0.3, 0.4) is 0 Å². The lowest BCUT2D eigenvalue weighted by molar-refractivity contribution is -0.387. The molecule has 14 heteroatoms. The van der Waals surface area contributed by atoms with Gasteiger partial charge in [-0.05, 0) is 74.9 Å². The summed E-state index contributed by atoms with van der Waals surface area (Å²) in [5.74, 6) is -0.761. The Labute approximate surface area is 278 Å². The normalized spacial score (nSPS) is 12.3. The largest absolute Gasteiger partial charge is 0.464 e. The molecule has 0 radical (unpaired) electrons. The van der Waals surface area contributed by atoms with E-state index in [0.29, 0.717) is 11.1 Å². The fraction of sp³-hybridized carbons (Fsp3) is 0.147. The van der Waals surface area contributed by atoms with Crippen molar-refractivity contribution in [3.05, 3.63) is 127 Å². The van der Waals surface area contributed by atoms with E-state index in [4.69, 9.17) is 20.8 Å². The lowest BCUT2D eigenvalue weighted by atomic mass is 10.00. The molecular formula is C34H27ClN4O8S. The molecule has 0 aliphatic carbocycles. The number of fused-ring (bicyclic) bond motifs is 2. The monoisotopic (exact) mass is 686 g/mol. The number of aromatic nitrogens is 2. The topological polar surface area (TPSA) is 166 Å². The summed E-state index contributed by atoms with van der Waals surface area (Å²) >= 11 is 6.12. The van der Waals surface area contributed by atoms with E-state index in [1.807, 2.05) is 25.1 Å². The molecule has 6 aromatic rings. The lowest BCUT2D eigenvalue weighted by Crippen LogP contribution is -2.36. The number of aryl methyl sites for hydroxylation is 2. The van der Waals surface area contributed by atoms with Crippen LogP contribution in [0.25, 0.3) is 33.2 Å². The Balaban J connectivity index is 1.64. The minimum atomic E-state index is -4.85. The van der Waals surface area contributed by atoms with Gasteiger partial charge in [-0.1, -0.05) is 29.8 Å². The van der Waals surface area contributed by atoms with Crippen molar-refractivity contribution >= 4 is 60.8 Å². The molecule has 3 aromatic carbocycles. The molecule has 0 amide bonds. The number of carbonyl (C=O) groups is 1. The van der Waals surface area contributed by atoms with Crippen molar-refractivity contribution in [1.29, 1.82) is 0 Å². The Hall–Kier alpha value is -5.53. The third-order valence-electron chi connectivity index (χ3n) is 7.90. The molecular weight excluding hydrogens is 660 g/mol. The van der Waals surface area contributed by atoms with Gasteiger partial charge in [0.05, 0.1) is 29.1 Å². The molecule has 6 rings (SSSR count). The van der Waals surface area contributed by atoms with Crippen molar-refractivity contribution in [2.75, 3.05) is 11.4 Å². The maximum Gasteiger partial charge on any atom is 0.358 e. The van der Waals surface area contributed by atoms with Crippen LogP contribution < -0.4 is 9.73 Å². The van der Waals surface area contributed by atoms with Gasteiger partial charge in [0.25, 0.3) is 15.7 Å². The molecule has 0 fully saturated rings. The van der Waals surface area contributed by atoms with Gasteiger partial charge in [-0.25, -0.2) is 18.2 Å². The third kappa shape index (κ3) is 5.67. The molecule has 0 aliphatic heterocycles. The minimum absolute atomic E-state index is 0.0882. The molecule has 3 aromatic heterocycles. The van der Waals surface area contributed by atoms with Crippen molar-refractivity contribution in [1.82, 2.24) is 9.97 Å². The average Bonchev–Trinajstić information content (AvgIpc) is 3.44. The SMILES string of the molecule is COC(=O)c1nc(Cl)ccc1N(C(C)c1cc(C)cc2c(=O)cc(-c3ccc4[nH]c(C)cc4c3)oc12)S(=O)(=O)c1ccccc1[N+](=O)[O-]. The number of anilines is 1. The van der Waals surface area contributed by atoms with Gasteiger partial charge in [0, 0.05) is 39.9 Å². The smallest absolute Gasteiger partial charge is 0.358 e. The number of sulfonamides is 1. The van der Waals surface area contributed by atoms with Gasteiger partial charge in [-0.3, -0.25) is 19.2 Å².